The first kappa shape index (κ1) is 26.2. The molecule has 3 aliphatic heterocycles. The predicted molar refractivity (Wildman–Crippen MR) is 150 cm³/mol. The van der Waals surface area contributed by atoms with Crippen LogP contribution in [-0.2, 0) is 24.0 Å². The van der Waals surface area contributed by atoms with Gasteiger partial charge in [-0.3, -0.25) is 0 Å². The van der Waals surface area contributed by atoms with Crippen molar-refractivity contribution in [2.45, 2.75) is 61.8 Å². The van der Waals surface area contributed by atoms with E-state index >= 15 is 0 Å². The average molecular weight is 549 g/mol. The van der Waals surface area contributed by atoms with Gasteiger partial charge in [0.15, 0.2) is 0 Å². The number of amides is 1. The summed E-state index contributed by atoms with van der Waals surface area (Å²) in [6.07, 6.45) is 4.22. The largest absolute Gasteiger partial charge is 0.465 e. The molecule has 1 aromatic heterocycles. The highest BCUT2D eigenvalue weighted by Gasteiger charge is 2.42. The number of anilines is 1. The van der Waals surface area contributed by atoms with Crippen molar-refractivity contribution >= 4 is 23.7 Å². The van der Waals surface area contributed by atoms with Gasteiger partial charge >= 0.3 is 12.1 Å². The summed E-state index contributed by atoms with van der Waals surface area (Å²) >= 11 is 2.01. The van der Waals surface area contributed by atoms with Crippen molar-refractivity contribution in [3.8, 4) is 12.1 Å². The summed E-state index contributed by atoms with van der Waals surface area (Å²) in [5, 5.41) is 19.1. The van der Waals surface area contributed by atoms with Gasteiger partial charge in [-0.05, 0) is 50.4 Å². The minimum absolute atomic E-state index is 0.0480. The monoisotopic (exact) mass is 548 g/mol. The SMILES string of the molecule is CN1CCC[C@H]1COc1nc2c(c(N3CCN(C(=O)O)[C@@H](CC#N)C3)n1)CCC1(CSCc3ccccc31)C2. The van der Waals surface area contributed by atoms with E-state index in [2.05, 4.69) is 47.2 Å². The lowest BCUT2D eigenvalue weighted by Gasteiger charge is -2.44. The van der Waals surface area contributed by atoms with Gasteiger partial charge in [0.25, 0.3) is 0 Å². The molecule has 0 saturated carbocycles. The van der Waals surface area contributed by atoms with E-state index in [0.29, 0.717) is 38.3 Å². The summed E-state index contributed by atoms with van der Waals surface area (Å²) < 4.78 is 6.28. The van der Waals surface area contributed by atoms with Crippen molar-refractivity contribution < 1.29 is 14.6 Å². The molecular formula is C29H36N6O3S. The molecule has 206 valence electrons. The number of nitriles is 1. The lowest BCUT2D eigenvalue weighted by molar-refractivity contribution is 0.119. The normalized spacial score (nSPS) is 26.7. The van der Waals surface area contributed by atoms with Crippen LogP contribution in [-0.4, -0.2) is 88.6 Å². The number of hydrogen-bond donors (Lipinski definition) is 1. The zero-order valence-electron chi connectivity index (χ0n) is 22.5. The third-order valence-corrected chi connectivity index (χ3v) is 10.3. The van der Waals surface area contributed by atoms with E-state index < -0.39 is 6.09 Å². The third-order valence-electron chi connectivity index (χ3n) is 9.07. The molecule has 4 heterocycles. The molecule has 0 bridgehead atoms. The van der Waals surface area contributed by atoms with Crippen LogP contribution in [0.25, 0.3) is 0 Å². The van der Waals surface area contributed by atoms with Gasteiger partial charge in [-0.2, -0.15) is 27.0 Å². The molecule has 1 unspecified atom stereocenters. The van der Waals surface area contributed by atoms with Crippen LogP contribution >= 0.6 is 11.8 Å². The molecule has 1 amide bonds. The standard InChI is InChI=1S/C29H36N6O3S/c1-33-12-4-6-22(33)17-38-27-31-25-15-29(19-39-18-20-5-2-3-7-24(20)29)10-8-23(25)26(32-27)34-13-14-35(28(36)37)21(16-34)9-11-30/h2-3,5,7,21-22H,4,6,8-10,12-19H2,1H3,(H,36,37)/t21-,22-,29?/m0/s1. The molecule has 1 spiro atoms. The Morgan fingerprint density at radius 3 is 2.92 bits per heavy atom. The van der Waals surface area contributed by atoms with Crippen molar-refractivity contribution in [1.29, 1.82) is 5.26 Å². The number of carboxylic acid groups (broad SMARTS) is 1. The fourth-order valence-electron chi connectivity index (χ4n) is 6.89. The number of likely N-dealkylation sites (N-methyl/N-ethyl adjacent to an activating group) is 1. The van der Waals surface area contributed by atoms with Crippen molar-refractivity contribution in [3.05, 3.63) is 46.6 Å². The van der Waals surface area contributed by atoms with E-state index in [1.807, 2.05) is 11.8 Å². The molecule has 3 atom stereocenters. The average Bonchev–Trinajstić information content (AvgIpc) is 3.36. The number of hydrogen-bond acceptors (Lipinski definition) is 8. The maximum absolute atomic E-state index is 11.8. The van der Waals surface area contributed by atoms with Gasteiger partial charge in [-0.25, -0.2) is 4.79 Å². The number of likely N-dealkylation sites (tertiary alicyclic amines) is 1. The van der Waals surface area contributed by atoms with Gasteiger partial charge in [-0.1, -0.05) is 24.3 Å². The van der Waals surface area contributed by atoms with Gasteiger partial charge in [0.05, 0.1) is 24.2 Å². The zero-order chi connectivity index (χ0) is 27.0. The third kappa shape index (κ3) is 5.03. The van der Waals surface area contributed by atoms with Crippen molar-refractivity contribution in [3.63, 3.8) is 0 Å². The summed E-state index contributed by atoms with van der Waals surface area (Å²) in [6, 6.07) is 11.4. The Kier molecular flexibility index (Phi) is 7.29. The van der Waals surface area contributed by atoms with E-state index in [1.54, 1.807) is 0 Å². The Morgan fingerprint density at radius 2 is 2.13 bits per heavy atom. The van der Waals surface area contributed by atoms with E-state index in [4.69, 9.17) is 14.7 Å². The molecule has 1 aromatic carbocycles. The smallest absolute Gasteiger partial charge is 0.407 e. The lowest BCUT2D eigenvalue weighted by atomic mass is 9.68. The minimum atomic E-state index is -0.972. The quantitative estimate of drug-likeness (QED) is 0.599. The number of fused-ring (bicyclic) bond motifs is 3. The maximum atomic E-state index is 11.8. The summed E-state index contributed by atoms with van der Waals surface area (Å²) in [4.78, 5) is 27.7. The number of aromatic nitrogens is 2. The molecule has 1 aliphatic carbocycles. The summed E-state index contributed by atoms with van der Waals surface area (Å²) in [7, 11) is 2.14. The second-order valence-corrected chi connectivity index (χ2v) is 12.4. The van der Waals surface area contributed by atoms with Crippen LogP contribution in [0.15, 0.2) is 24.3 Å². The van der Waals surface area contributed by atoms with Crippen molar-refractivity contribution in [2.24, 2.45) is 0 Å². The minimum Gasteiger partial charge on any atom is -0.465 e. The zero-order valence-corrected chi connectivity index (χ0v) is 23.3. The van der Waals surface area contributed by atoms with Crippen LogP contribution in [0.5, 0.6) is 6.01 Å². The van der Waals surface area contributed by atoms with Gasteiger partial charge in [0.2, 0.25) is 0 Å². The second kappa shape index (κ2) is 10.9. The first-order valence-corrected chi connectivity index (χ1v) is 15.1. The number of rotatable bonds is 5. The van der Waals surface area contributed by atoms with Crippen molar-refractivity contribution in [2.75, 3.05) is 50.5 Å². The summed E-state index contributed by atoms with van der Waals surface area (Å²) in [5.74, 6) is 2.99. The Hall–Kier alpha value is -3.03. The van der Waals surface area contributed by atoms with Crippen LogP contribution in [0.4, 0.5) is 10.6 Å². The van der Waals surface area contributed by atoms with Gasteiger partial charge < -0.3 is 24.5 Å². The van der Waals surface area contributed by atoms with E-state index in [-0.39, 0.29) is 17.9 Å². The maximum Gasteiger partial charge on any atom is 0.407 e. The van der Waals surface area contributed by atoms with Gasteiger partial charge in [0, 0.05) is 54.6 Å². The highest BCUT2D eigenvalue weighted by Crippen LogP contribution is 2.47. The molecule has 1 N–H and O–H groups in total. The number of ether oxygens (including phenoxy) is 1. The molecule has 6 rings (SSSR count). The van der Waals surface area contributed by atoms with Crippen LogP contribution < -0.4 is 9.64 Å². The number of carbonyl (C=O) groups is 1. The first-order chi connectivity index (χ1) is 19.0. The summed E-state index contributed by atoms with van der Waals surface area (Å²) in [5.41, 5.74) is 5.13. The number of benzene rings is 1. The number of nitrogens with zero attached hydrogens (tertiary/aromatic N) is 6. The Morgan fingerprint density at radius 1 is 1.26 bits per heavy atom. The van der Waals surface area contributed by atoms with Gasteiger partial charge in [0.1, 0.15) is 12.4 Å². The molecule has 2 aromatic rings. The Bertz CT molecular complexity index is 1280. The molecule has 39 heavy (non-hydrogen) atoms. The summed E-state index contributed by atoms with van der Waals surface area (Å²) in [6.45, 7) is 2.96. The molecule has 2 saturated heterocycles. The van der Waals surface area contributed by atoms with Crippen LogP contribution in [0.2, 0.25) is 0 Å². The van der Waals surface area contributed by atoms with Gasteiger partial charge in [-0.15, -0.1) is 0 Å². The molecular weight excluding hydrogens is 512 g/mol. The predicted octanol–water partition coefficient (Wildman–Crippen LogP) is 3.71. The number of piperazine rings is 1. The van der Waals surface area contributed by atoms with E-state index in [0.717, 1.165) is 60.8 Å². The molecule has 4 aliphatic rings. The highest BCUT2D eigenvalue weighted by atomic mass is 32.2. The fourth-order valence-corrected chi connectivity index (χ4v) is 8.25. The van der Waals surface area contributed by atoms with E-state index in [9.17, 15) is 15.2 Å². The Balaban J connectivity index is 1.34. The number of thioether (sulfide) groups is 1. The topological polar surface area (TPSA) is 106 Å². The Labute approximate surface area is 234 Å². The molecule has 10 heteroatoms. The van der Waals surface area contributed by atoms with Crippen LogP contribution in [0, 0.1) is 11.3 Å². The lowest BCUT2D eigenvalue weighted by Crippen LogP contribution is -2.55. The molecule has 2 fully saturated rings. The molecule has 0 radical (unpaired) electrons. The first-order valence-electron chi connectivity index (χ1n) is 14.0. The van der Waals surface area contributed by atoms with Crippen molar-refractivity contribution in [1.82, 2.24) is 19.8 Å². The van der Waals surface area contributed by atoms with Crippen LogP contribution in [0.3, 0.4) is 0 Å². The van der Waals surface area contributed by atoms with Crippen LogP contribution in [0.1, 0.15) is 48.1 Å². The second-order valence-electron chi connectivity index (χ2n) is 11.4. The fraction of sp³-hybridized carbons (Fsp3) is 0.586. The molecule has 9 nitrogen and oxygen atoms in total. The van der Waals surface area contributed by atoms with E-state index in [1.165, 1.54) is 22.4 Å². The highest BCUT2D eigenvalue weighted by molar-refractivity contribution is 7.98.